The van der Waals surface area contributed by atoms with E-state index in [1.54, 1.807) is 30.3 Å². The van der Waals surface area contributed by atoms with Gasteiger partial charge in [0.2, 0.25) is 0 Å². The summed E-state index contributed by atoms with van der Waals surface area (Å²) in [5, 5.41) is 11.9. The van der Waals surface area contributed by atoms with E-state index in [0.717, 1.165) is 31.7 Å². The minimum absolute atomic E-state index is 0. The van der Waals surface area contributed by atoms with E-state index in [0.29, 0.717) is 17.7 Å². The van der Waals surface area contributed by atoms with Crippen molar-refractivity contribution in [2.24, 2.45) is 0 Å². The number of hydrogen-bond donors (Lipinski definition) is 1. The second-order valence-corrected chi connectivity index (χ2v) is 6.97. The molecule has 7 heteroatoms. The zero-order valence-corrected chi connectivity index (χ0v) is 17.4. The maximum absolute atomic E-state index is 11.9. The Morgan fingerprint density at radius 2 is 1.76 bits per heavy atom. The fourth-order valence-electron chi connectivity index (χ4n) is 2.54. The molecule has 0 saturated heterocycles. The van der Waals surface area contributed by atoms with Gasteiger partial charge in [0.1, 0.15) is 16.4 Å². The van der Waals surface area contributed by atoms with Gasteiger partial charge in [0.25, 0.3) is 10.1 Å². The standard InChI is InChI=1S/C18H22O5S.Na/c1-2-3-4-6-9-14-12-15(19)13-17(18(14)24(20,21)22)23-16-10-7-5-8-11-16;/h5,7-8,10-13,19H,2-4,6,9H2,1H3,(H,20,21,22);/q;+1/p-1. The zero-order valence-electron chi connectivity index (χ0n) is 14.6. The number of hydrogen-bond acceptors (Lipinski definition) is 4. The molecule has 0 aromatic heterocycles. The number of aryl methyl sites for hydroxylation is 1. The third-order valence-corrected chi connectivity index (χ3v) is 4.61. The van der Waals surface area contributed by atoms with Crippen LogP contribution in [0.4, 0.5) is 0 Å². The summed E-state index contributed by atoms with van der Waals surface area (Å²) in [6.45, 7) is 2.08. The van der Waals surface area contributed by atoms with Gasteiger partial charge in [0.05, 0.1) is 0 Å². The van der Waals surface area contributed by atoms with Crippen LogP contribution in [0, 0.1) is 0 Å². The van der Waals surface area contributed by atoms with Crippen molar-refractivity contribution in [1.29, 1.82) is 0 Å². The van der Waals surface area contributed by atoms with Crippen LogP contribution in [0.1, 0.15) is 38.2 Å². The van der Waals surface area contributed by atoms with E-state index in [4.69, 9.17) is 4.74 Å². The number of rotatable bonds is 8. The molecule has 1 N–H and O–H groups in total. The van der Waals surface area contributed by atoms with Gasteiger partial charge < -0.3 is 9.84 Å². The van der Waals surface area contributed by atoms with Gasteiger partial charge in [-0.15, -0.1) is 5.75 Å². The molecule has 0 bridgehead atoms. The van der Waals surface area contributed by atoms with Gasteiger partial charge in [-0.3, -0.25) is 4.55 Å². The van der Waals surface area contributed by atoms with E-state index in [2.05, 4.69) is 6.92 Å². The molecule has 0 spiro atoms. The minimum atomic E-state index is -4.51. The van der Waals surface area contributed by atoms with Crippen LogP contribution in [0.5, 0.6) is 17.2 Å². The maximum atomic E-state index is 11.9. The SMILES string of the molecule is CCCCCCc1cc([O-])cc(Oc2ccccc2)c1S(=O)(=O)O.[Na+]. The monoisotopic (exact) mass is 372 g/mol. The van der Waals surface area contributed by atoms with Crippen molar-refractivity contribution in [3.8, 4) is 17.2 Å². The van der Waals surface area contributed by atoms with Crippen LogP contribution >= 0.6 is 0 Å². The average molecular weight is 372 g/mol. The minimum Gasteiger partial charge on any atom is -0.872 e. The number of unbranched alkanes of at least 4 members (excludes halogenated alkanes) is 3. The number of ether oxygens (including phenoxy) is 1. The Bertz CT molecular complexity index is 776. The summed E-state index contributed by atoms with van der Waals surface area (Å²) in [5.74, 6) is -0.0922. The van der Waals surface area contributed by atoms with E-state index in [1.807, 2.05) is 0 Å². The first kappa shape index (κ1) is 22.0. The smallest absolute Gasteiger partial charge is 0.872 e. The molecule has 0 heterocycles. The van der Waals surface area contributed by atoms with Crippen LogP contribution in [-0.4, -0.2) is 13.0 Å². The van der Waals surface area contributed by atoms with E-state index in [-0.39, 0.29) is 46.0 Å². The average Bonchev–Trinajstić information content (AvgIpc) is 2.51. The quantitative estimate of drug-likeness (QED) is 0.423. The van der Waals surface area contributed by atoms with Crippen LogP contribution in [0.3, 0.4) is 0 Å². The second-order valence-electron chi connectivity index (χ2n) is 5.61. The topological polar surface area (TPSA) is 86.7 Å². The molecule has 0 atom stereocenters. The number of benzene rings is 2. The molecule has 0 aliphatic rings. The van der Waals surface area contributed by atoms with Crippen LogP contribution < -0.4 is 39.4 Å². The van der Waals surface area contributed by atoms with E-state index in [9.17, 15) is 18.1 Å². The van der Waals surface area contributed by atoms with Crippen molar-refractivity contribution in [3.05, 3.63) is 48.0 Å². The van der Waals surface area contributed by atoms with Crippen molar-refractivity contribution >= 4 is 10.1 Å². The molecule has 0 aliphatic carbocycles. The Balaban J connectivity index is 0.00000312. The van der Waals surface area contributed by atoms with Crippen LogP contribution in [0.2, 0.25) is 0 Å². The molecular formula is C18H21NaO5S. The Morgan fingerprint density at radius 1 is 1.08 bits per heavy atom. The van der Waals surface area contributed by atoms with Crippen molar-refractivity contribution < 1.29 is 52.4 Å². The van der Waals surface area contributed by atoms with Crippen LogP contribution in [0.15, 0.2) is 47.4 Å². The molecule has 2 aromatic carbocycles. The molecule has 0 radical (unpaired) electrons. The second kappa shape index (κ2) is 10.2. The molecule has 0 amide bonds. The molecule has 0 fully saturated rings. The van der Waals surface area contributed by atoms with Crippen molar-refractivity contribution in [3.63, 3.8) is 0 Å². The fraction of sp³-hybridized carbons (Fsp3) is 0.333. The Labute approximate surface area is 171 Å². The van der Waals surface area contributed by atoms with Gasteiger partial charge >= 0.3 is 29.6 Å². The summed E-state index contributed by atoms with van der Waals surface area (Å²) >= 11 is 0. The van der Waals surface area contributed by atoms with Crippen LogP contribution in [-0.2, 0) is 16.5 Å². The fourth-order valence-corrected chi connectivity index (χ4v) is 3.39. The zero-order chi connectivity index (χ0) is 17.6. The van der Waals surface area contributed by atoms with E-state index < -0.39 is 10.1 Å². The normalized spacial score (nSPS) is 11.0. The largest absolute Gasteiger partial charge is 1.00 e. The van der Waals surface area contributed by atoms with Crippen molar-refractivity contribution in [1.82, 2.24) is 0 Å². The predicted molar refractivity (Wildman–Crippen MR) is 90.1 cm³/mol. The molecule has 0 unspecified atom stereocenters. The van der Waals surface area contributed by atoms with Crippen molar-refractivity contribution in [2.75, 3.05) is 0 Å². The molecule has 25 heavy (non-hydrogen) atoms. The van der Waals surface area contributed by atoms with E-state index in [1.165, 1.54) is 6.07 Å². The Kier molecular flexibility index (Phi) is 8.96. The number of para-hydroxylation sites is 1. The molecular weight excluding hydrogens is 351 g/mol. The van der Waals surface area contributed by atoms with Gasteiger partial charge in [0, 0.05) is 0 Å². The van der Waals surface area contributed by atoms with Gasteiger partial charge in [-0.1, -0.05) is 50.5 Å². The van der Waals surface area contributed by atoms with Gasteiger partial charge in [-0.2, -0.15) is 8.42 Å². The Morgan fingerprint density at radius 3 is 2.36 bits per heavy atom. The molecule has 2 rings (SSSR count). The van der Waals surface area contributed by atoms with Gasteiger partial charge in [0.15, 0.2) is 0 Å². The Hall–Kier alpha value is -1.05. The summed E-state index contributed by atoms with van der Waals surface area (Å²) in [7, 11) is -4.51. The molecule has 0 saturated carbocycles. The van der Waals surface area contributed by atoms with Gasteiger partial charge in [-0.05, 0) is 36.6 Å². The summed E-state index contributed by atoms with van der Waals surface area (Å²) in [5.41, 5.74) is 0.298. The summed E-state index contributed by atoms with van der Waals surface area (Å²) in [6, 6.07) is 10.9. The molecule has 5 nitrogen and oxygen atoms in total. The van der Waals surface area contributed by atoms with Crippen LogP contribution in [0.25, 0.3) is 0 Å². The first-order valence-electron chi connectivity index (χ1n) is 7.96. The first-order valence-corrected chi connectivity index (χ1v) is 9.40. The first-order chi connectivity index (χ1) is 11.4. The maximum Gasteiger partial charge on any atom is 1.00 e. The molecule has 0 aliphatic heterocycles. The summed E-state index contributed by atoms with van der Waals surface area (Å²) in [6.07, 6.45) is 4.15. The molecule has 2 aromatic rings. The predicted octanol–water partition coefficient (Wildman–Crippen LogP) is 0.926. The van der Waals surface area contributed by atoms with Gasteiger partial charge in [-0.25, -0.2) is 0 Å². The summed E-state index contributed by atoms with van der Waals surface area (Å²) < 4.78 is 38.8. The summed E-state index contributed by atoms with van der Waals surface area (Å²) in [4.78, 5) is -0.317. The molecule has 130 valence electrons. The third kappa shape index (κ3) is 6.64. The van der Waals surface area contributed by atoms with Crippen molar-refractivity contribution in [2.45, 2.75) is 43.9 Å². The van der Waals surface area contributed by atoms with E-state index >= 15 is 0 Å². The third-order valence-electron chi connectivity index (χ3n) is 3.63.